The molecule has 0 unspecified atom stereocenters. The van der Waals surface area contributed by atoms with Gasteiger partial charge in [0.15, 0.2) is 0 Å². The van der Waals surface area contributed by atoms with Gasteiger partial charge in [0.25, 0.3) is 5.91 Å². The average Bonchev–Trinajstić information content (AvgIpc) is 2.50. The van der Waals surface area contributed by atoms with Crippen molar-refractivity contribution < 1.29 is 19.5 Å². The molecule has 1 aromatic carbocycles. The van der Waals surface area contributed by atoms with Crippen molar-refractivity contribution in [2.75, 3.05) is 13.6 Å². The second-order valence-electron chi connectivity index (χ2n) is 5.15. The molecule has 8 heteroatoms. The lowest BCUT2D eigenvalue weighted by Gasteiger charge is -2.25. The third-order valence-electron chi connectivity index (χ3n) is 3.35. The van der Waals surface area contributed by atoms with Crippen molar-refractivity contribution in [3.63, 3.8) is 0 Å². The molecule has 0 saturated heterocycles. The van der Waals surface area contributed by atoms with Gasteiger partial charge in [-0.05, 0) is 17.7 Å². The van der Waals surface area contributed by atoms with Crippen molar-refractivity contribution in [1.29, 1.82) is 0 Å². The number of carbonyl (C=O) groups is 3. The molecule has 0 aromatic heterocycles. The second-order valence-corrected chi connectivity index (χ2v) is 5.58. The molecule has 0 atom stereocenters. The Hall–Kier alpha value is -2.41. The minimum atomic E-state index is -1.12. The summed E-state index contributed by atoms with van der Waals surface area (Å²) in [6, 6.07) is 6.79. The lowest BCUT2D eigenvalue weighted by molar-refractivity contribution is -0.142. The number of carboxylic acid groups (broad SMARTS) is 1. The fourth-order valence-corrected chi connectivity index (χ4v) is 2.31. The maximum Gasteiger partial charge on any atom is 0.323 e. The van der Waals surface area contributed by atoms with Crippen LogP contribution in [0.5, 0.6) is 0 Å². The molecule has 0 aliphatic carbocycles. The van der Waals surface area contributed by atoms with E-state index in [4.69, 9.17) is 16.7 Å². The number of hydrogen-bond acceptors (Lipinski definition) is 4. The summed E-state index contributed by atoms with van der Waals surface area (Å²) in [5.41, 5.74) is 0.937. The molecule has 0 spiro atoms. The fourth-order valence-electron chi connectivity index (χ4n) is 2.18. The van der Waals surface area contributed by atoms with Crippen LogP contribution in [0.2, 0.25) is 5.02 Å². The molecule has 1 N–H and O–H groups in total. The van der Waals surface area contributed by atoms with Crippen LogP contribution in [-0.4, -0.2) is 52.1 Å². The topological polar surface area (TPSA) is 90.3 Å². The SMILES string of the molecule is CN1N=C(C(=O)N(CC(=O)O)Cc2ccc(Cl)cc2)CCC1=O. The maximum absolute atomic E-state index is 12.5. The first-order chi connectivity index (χ1) is 10.9. The van der Waals surface area contributed by atoms with E-state index in [-0.39, 0.29) is 31.0 Å². The smallest absolute Gasteiger partial charge is 0.323 e. The zero-order valence-electron chi connectivity index (χ0n) is 12.5. The summed E-state index contributed by atoms with van der Waals surface area (Å²) in [6.45, 7) is -0.322. The number of carbonyl (C=O) groups excluding carboxylic acids is 2. The number of nitrogens with zero attached hydrogens (tertiary/aromatic N) is 3. The lowest BCUT2D eigenvalue weighted by atomic mass is 10.1. The van der Waals surface area contributed by atoms with Crippen LogP contribution in [0.15, 0.2) is 29.4 Å². The summed E-state index contributed by atoms with van der Waals surface area (Å²) in [6.07, 6.45) is 0.391. The van der Waals surface area contributed by atoms with Crippen molar-refractivity contribution in [3.8, 4) is 0 Å². The molecular weight excluding hydrogens is 322 g/mol. The van der Waals surface area contributed by atoms with Crippen LogP contribution in [0.1, 0.15) is 18.4 Å². The van der Waals surface area contributed by atoms with Crippen molar-refractivity contribution in [3.05, 3.63) is 34.9 Å². The van der Waals surface area contributed by atoms with Gasteiger partial charge >= 0.3 is 5.97 Å². The summed E-state index contributed by atoms with van der Waals surface area (Å²) in [5.74, 6) is -1.78. The Morgan fingerprint density at radius 3 is 2.52 bits per heavy atom. The van der Waals surface area contributed by atoms with Gasteiger partial charge in [-0.1, -0.05) is 23.7 Å². The maximum atomic E-state index is 12.5. The van der Waals surface area contributed by atoms with Crippen molar-refractivity contribution in [2.24, 2.45) is 5.10 Å². The molecule has 2 amide bonds. The molecule has 1 aliphatic heterocycles. The van der Waals surface area contributed by atoms with E-state index >= 15 is 0 Å². The van der Waals surface area contributed by atoms with Crippen molar-refractivity contribution >= 4 is 35.1 Å². The number of hydrazone groups is 1. The Labute approximate surface area is 138 Å². The van der Waals surface area contributed by atoms with E-state index in [9.17, 15) is 14.4 Å². The zero-order chi connectivity index (χ0) is 17.0. The van der Waals surface area contributed by atoms with Gasteiger partial charge in [0.2, 0.25) is 5.91 Å². The average molecular weight is 338 g/mol. The number of benzene rings is 1. The minimum Gasteiger partial charge on any atom is -0.480 e. The Bertz CT molecular complexity index is 657. The van der Waals surface area contributed by atoms with E-state index in [1.807, 2.05) is 0 Å². The quantitative estimate of drug-likeness (QED) is 0.878. The van der Waals surface area contributed by atoms with Gasteiger partial charge in [0.05, 0.1) is 0 Å². The Kier molecular flexibility index (Phi) is 5.33. The number of rotatable bonds is 5. The van der Waals surface area contributed by atoms with Gasteiger partial charge in [0, 0.05) is 31.5 Å². The molecular formula is C15H16ClN3O4. The van der Waals surface area contributed by atoms with E-state index < -0.39 is 18.4 Å². The van der Waals surface area contributed by atoms with Gasteiger partial charge in [0.1, 0.15) is 12.3 Å². The predicted molar refractivity (Wildman–Crippen MR) is 83.9 cm³/mol. The number of aliphatic carboxylic acids is 1. The van der Waals surface area contributed by atoms with Crippen LogP contribution >= 0.6 is 11.6 Å². The van der Waals surface area contributed by atoms with Crippen LogP contribution in [0.4, 0.5) is 0 Å². The molecule has 1 aliphatic rings. The van der Waals surface area contributed by atoms with E-state index in [0.717, 1.165) is 10.6 Å². The highest BCUT2D eigenvalue weighted by atomic mass is 35.5. The molecule has 0 fully saturated rings. The molecule has 0 saturated carbocycles. The third-order valence-corrected chi connectivity index (χ3v) is 3.61. The largest absolute Gasteiger partial charge is 0.480 e. The predicted octanol–water partition coefficient (Wildman–Crippen LogP) is 1.36. The Morgan fingerprint density at radius 2 is 1.96 bits per heavy atom. The van der Waals surface area contributed by atoms with Crippen LogP contribution in [0.3, 0.4) is 0 Å². The number of halogens is 1. The number of hydrogen-bond donors (Lipinski definition) is 1. The van der Waals surface area contributed by atoms with E-state index in [2.05, 4.69) is 5.10 Å². The van der Waals surface area contributed by atoms with Gasteiger partial charge in [-0.15, -0.1) is 0 Å². The second kappa shape index (κ2) is 7.23. The van der Waals surface area contributed by atoms with E-state index in [1.54, 1.807) is 24.3 Å². The molecule has 1 heterocycles. The van der Waals surface area contributed by atoms with Gasteiger partial charge in [-0.3, -0.25) is 14.4 Å². The minimum absolute atomic E-state index is 0.124. The molecule has 0 radical (unpaired) electrons. The van der Waals surface area contributed by atoms with Crippen LogP contribution in [0, 0.1) is 0 Å². The lowest BCUT2D eigenvalue weighted by Crippen LogP contribution is -2.42. The van der Waals surface area contributed by atoms with Crippen molar-refractivity contribution in [2.45, 2.75) is 19.4 Å². The fraction of sp³-hybridized carbons (Fsp3) is 0.333. The molecule has 122 valence electrons. The Balaban J connectivity index is 2.18. The summed E-state index contributed by atoms with van der Waals surface area (Å²) >= 11 is 5.82. The van der Waals surface area contributed by atoms with Gasteiger partial charge in [-0.25, -0.2) is 5.01 Å². The summed E-state index contributed by atoms with van der Waals surface area (Å²) in [5, 5.41) is 14.6. The number of carboxylic acids is 1. The van der Waals surface area contributed by atoms with Gasteiger partial charge < -0.3 is 10.0 Å². The van der Waals surface area contributed by atoms with Crippen LogP contribution < -0.4 is 0 Å². The molecule has 1 aromatic rings. The standard InChI is InChI=1S/C15H16ClN3O4/c1-18-13(20)7-6-12(17-18)15(23)19(9-14(21)22)8-10-2-4-11(16)5-3-10/h2-5H,6-9H2,1H3,(H,21,22). The molecule has 7 nitrogen and oxygen atoms in total. The van der Waals surface area contributed by atoms with Crippen LogP contribution in [-0.2, 0) is 20.9 Å². The normalized spacial score (nSPS) is 14.4. The number of amides is 2. The Morgan fingerprint density at radius 1 is 1.30 bits per heavy atom. The summed E-state index contributed by atoms with van der Waals surface area (Å²) < 4.78 is 0. The summed E-state index contributed by atoms with van der Waals surface area (Å²) in [7, 11) is 1.47. The van der Waals surface area contributed by atoms with E-state index in [1.165, 1.54) is 11.9 Å². The first kappa shape index (κ1) is 17.0. The highest BCUT2D eigenvalue weighted by Crippen LogP contribution is 2.14. The monoisotopic (exact) mass is 337 g/mol. The van der Waals surface area contributed by atoms with Crippen molar-refractivity contribution in [1.82, 2.24) is 9.91 Å². The zero-order valence-corrected chi connectivity index (χ0v) is 13.3. The highest BCUT2D eigenvalue weighted by molar-refractivity contribution is 6.39. The summed E-state index contributed by atoms with van der Waals surface area (Å²) in [4.78, 5) is 36.2. The molecule has 2 rings (SSSR count). The molecule has 23 heavy (non-hydrogen) atoms. The first-order valence-electron chi connectivity index (χ1n) is 6.96. The highest BCUT2D eigenvalue weighted by Gasteiger charge is 2.27. The van der Waals surface area contributed by atoms with Gasteiger partial charge in [-0.2, -0.15) is 5.10 Å². The third kappa shape index (κ3) is 4.53. The van der Waals surface area contributed by atoms with Crippen LogP contribution in [0.25, 0.3) is 0 Å². The molecule has 0 bridgehead atoms. The first-order valence-corrected chi connectivity index (χ1v) is 7.34. The van der Waals surface area contributed by atoms with E-state index in [0.29, 0.717) is 5.02 Å².